The minimum Gasteiger partial charge on any atom is -0.302 e. The van der Waals surface area contributed by atoms with E-state index >= 15 is 0 Å². The Morgan fingerprint density at radius 3 is 2.28 bits per heavy atom. The van der Waals surface area contributed by atoms with Crippen LogP contribution < -0.4 is 4.90 Å². The maximum absolute atomic E-state index is 13.4. The van der Waals surface area contributed by atoms with Crippen molar-refractivity contribution in [2.24, 2.45) is 0 Å². The van der Waals surface area contributed by atoms with Crippen LogP contribution in [0.3, 0.4) is 0 Å². The molecule has 10 heteroatoms. The summed E-state index contributed by atoms with van der Waals surface area (Å²) in [7, 11) is -3.32. The number of aromatic nitrogens is 1. The first-order valence-corrected chi connectivity index (χ1v) is 14.0. The van der Waals surface area contributed by atoms with E-state index in [1.807, 2.05) is 24.5 Å². The molecule has 0 aliphatic rings. The Balaban J connectivity index is 0.00000363. The second kappa shape index (κ2) is 11.5. The molecule has 3 aromatic rings. The number of nitrogens with zero attached hydrogens (tertiary/aromatic N) is 3. The predicted octanol–water partition coefficient (Wildman–Crippen LogP) is 4.83. The lowest BCUT2D eigenvalue weighted by atomic mass is 10.2. The Bertz CT molecular complexity index is 1160. The van der Waals surface area contributed by atoms with Crippen LogP contribution in [0.25, 0.3) is 10.2 Å². The Kier molecular flexibility index (Phi) is 9.53. The lowest BCUT2D eigenvalue weighted by Gasteiger charge is -2.24. The van der Waals surface area contributed by atoms with Crippen LogP contribution in [0.1, 0.15) is 24.2 Å². The minimum atomic E-state index is -3.32. The molecule has 0 fully saturated rings. The highest BCUT2D eigenvalue weighted by Gasteiger charge is 2.23. The fourth-order valence-electron chi connectivity index (χ4n) is 3.26. The molecule has 3 rings (SSSR count). The van der Waals surface area contributed by atoms with Crippen LogP contribution in [0.4, 0.5) is 5.13 Å². The van der Waals surface area contributed by atoms with Gasteiger partial charge in [0.25, 0.3) is 5.91 Å². The highest BCUT2D eigenvalue weighted by molar-refractivity contribution is 7.98. The van der Waals surface area contributed by atoms with Gasteiger partial charge in [0.1, 0.15) is 0 Å². The number of thiazole rings is 1. The van der Waals surface area contributed by atoms with Crippen molar-refractivity contribution in [2.45, 2.75) is 23.6 Å². The third-order valence-corrected chi connectivity index (χ3v) is 8.07. The molecule has 1 heterocycles. The van der Waals surface area contributed by atoms with E-state index in [9.17, 15) is 13.2 Å². The molecule has 0 unspecified atom stereocenters. The molecular formula is C22H28ClN3O3S3. The van der Waals surface area contributed by atoms with E-state index in [1.54, 1.807) is 28.8 Å². The number of carbonyl (C=O) groups is 1. The second-order valence-corrected chi connectivity index (χ2v) is 11.0. The van der Waals surface area contributed by atoms with Gasteiger partial charge in [-0.15, -0.1) is 24.2 Å². The second-order valence-electron chi connectivity index (χ2n) is 7.08. The van der Waals surface area contributed by atoms with Crippen LogP contribution in [0, 0.1) is 0 Å². The zero-order valence-electron chi connectivity index (χ0n) is 18.6. The molecule has 0 spiro atoms. The van der Waals surface area contributed by atoms with Gasteiger partial charge in [-0.05, 0) is 55.7 Å². The molecule has 1 aromatic heterocycles. The quantitative estimate of drug-likeness (QED) is 0.381. The van der Waals surface area contributed by atoms with E-state index < -0.39 is 9.84 Å². The normalized spacial score (nSPS) is 11.5. The summed E-state index contributed by atoms with van der Waals surface area (Å²) in [5.74, 6) is -0.183. The van der Waals surface area contributed by atoms with Gasteiger partial charge in [0.15, 0.2) is 15.0 Å². The highest BCUT2D eigenvalue weighted by Crippen LogP contribution is 2.34. The van der Waals surface area contributed by atoms with E-state index in [2.05, 4.69) is 18.7 Å². The average Bonchev–Trinajstić information content (AvgIpc) is 3.20. The smallest absolute Gasteiger partial charge is 0.260 e. The predicted molar refractivity (Wildman–Crippen MR) is 138 cm³/mol. The standard InChI is InChI=1S/C22H27N3O3S3.ClH/c1-5-24(6-2)14-15-25(21(26)16-10-12-17(13-11-16)31(4,27)28)22-23-20-18(29-3)8-7-9-19(20)30-22;/h7-13H,5-6,14-15H2,1-4H3;1H. The van der Waals surface area contributed by atoms with Gasteiger partial charge < -0.3 is 4.90 Å². The number of amides is 1. The zero-order chi connectivity index (χ0) is 22.6. The molecule has 32 heavy (non-hydrogen) atoms. The molecule has 0 radical (unpaired) electrons. The van der Waals surface area contributed by atoms with Gasteiger partial charge >= 0.3 is 0 Å². The molecule has 0 saturated heterocycles. The van der Waals surface area contributed by atoms with Gasteiger partial charge in [0.2, 0.25) is 0 Å². The summed E-state index contributed by atoms with van der Waals surface area (Å²) in [6.45, 7) is 7.23. The van der Waals surface area contributed by atoms with Crippen molar-refractivity contribution in [3.63, 3.8) is 0 Å². The summed E-state index contributed by atoms with van der Waals surface area (Å²) in [4.78, 5) is 23.5. The summed E-state index contributed by atoms with van der Waals surface area (Å²) in [5, 5.41) is 0.654. The summed E-state index contributed by atoms with van der Waals surface area (Å²) in [5.41, 5.74) is 1.35. The number of para-hydroxylation sites is 1. The van der Waals surface area contributed by atoms with Crippen LogP contribution in [0.15, 0.2) is 52.3 Å². The molecule has 0 N–H and O–H groups in total. The third-order valence-electron chi connectivity index (χ3n) is 5.13. The Hall–Kier alpha value is -1.65. The number of sulfone groups is 1. The average molecular weight is 514 g/mol. The number of hydrogen-bond donors (Lipinski definition) is 0. The molecule has 0 aliphatic heterocycles. The summed E-state index contributed by atoms with van der Waals surface area (Å²) in [6.07, 6.45) is 3.17. The maximum atomic E-state index is 13.4. The third kappa shape index (κ3) is 6.02. The van der Waals surface area contributed by atoms with Crippen LogP contribution >= 0.6 is 35.5 Å². The SMILES string of the molecule is CCN(CC)CCN(C(=O)c1ccc(S(C)(=O)=O)cc1)c1nc2c(SC)cccc2s1.Cl. The number of thioether (sulfide) groups is 1. The molecule has 174 valence electrons. The molecule has 0 atom stereocenters. The lowest BCUT2D eigenvalue weighted by Crippen LogP contribution is -2.38. The van der Waals surface area contributed by atoms with E-state index in [4.69, 9.17) is 4.98 Å². The van der Waals surface area contributed by atoms with Crippen molar-refractivity contribution in [1.82, 2.24) is 9.88 Å². The number of rotatable bonds is 9. The van der Waals surface area contributed by atoms with Crippen LogP contribution in [0.5, 0.6) is 0 Å². The molecule has 0 saturated carbocycles. The largest absolute Gasteiger partial charge is 0.302 e. The van der Waals surface area contributed by atoms with Crippen molar-refractivity contribution < 1.29 is 13.2 Å². The van der Waals surface area contributed by atoms with Crippen molar-refractivity contribution in [3.8, 4) is 0 Å². The number of carbonyl (C=O) groups excluding carboxylic acids is 1. The number of anilines is 1. The number of fused-ring (bicyclic) bond motifs is 1. The molecular weight excluding hydrogens is 486 g/mol. The van der Waals surface area contributed by atoms with Crippen molar-refractivity contribution >= 4 is 66.6 Å². The summed E-state index contributed by atoms with van der Waals surface area (Å²) >= 11 is 3.13. The minimum absolute atomic E-state index is 0. The van der Waals surface area contributed by atoms with E-state index in [-0.39, 0.29) is 23.2 Å². The first-order chi connectivity index (χ1) is 14.8. The van der Waals surface area contributed by atoms with Gasteiger partial charge in [-0.3, -0.25) is 9.69 Å². The molecule has 6 nitrogen and oxygen atoms in total. The number of hydrogen-bond acceptors (Lipinski definition) is 7. The van der Waals surface area contributed by atoms with Crippen molar-refractivity contribution in [1.29, 1.82) is 0 Å². The van der Waals surface area contributed by atoms with Gasteiger partial charge in [0.05, 0.1) is 15.1 Å². The van der Waals surface area contributed by atoms with Crippen LogP contribution in [-0.4, -0.2) is 62.9 Å². The van der Waals surface area contributed by atoms with Gasteiger partial charge in [-0.2, -0.15) is 0 Å². The van der Waals surface area contributed by atoms with Gasteiger partial charge in [-0.1, -0.05) is 31.3 Å². The Morgan fingerprint density at radius 1 is 1.06 bits per heavy atom. The Morgan fingerprint density at radius 2 is 1.72 bits per heavy atom. The Labute approximate surface area is 204 Å². The monoisotopic (exact) mass is 513 g/mol. The van der Waals surface area contributed by atoms with E-state index in [0.717, 1.165) is 41.0 Å². The summed E-state index contributed by atoms with van der Waals surface area (Å²) in [6, 6.07) is 12.2. The molecule has 0 aliphatic carbocycles. The van der Waals surface area contributed by atoms with Gasteiger partial charge in [-0.25, -0.2) is 13.4 Å². The van der Waals surface area contributed by atoms with E-state index in [1.165, 1.54) is 23.5 Å². The first kappa shape index (κ1) is 26.6. The highest BCUT2D eigenvalue weighted by atomic mass is 35.5. The fourth-order valence-corrected chi connectivity index (χ4v) is 5.53. The van der Waals surface area contributed by atoms with Crippen LogP contribution in [0.2, 0.25) is 0 Å². The molecule has 1 amide bonds. The summed E-state index contributed by atoms with van der Waals surface area (Å²) < 4.78 is 24.6. The fraction of sp³-hybridized carbons (Fsp3) is 0.364. The van der Waals surface area contributed by atoms with E-state index in [0.29, 0.717) is 17.2 Å². The topological polar surface area (TPSA) is 70.6 Å². The molecule has 0 bridgehead atoms. The van der Waals surface area contributed by atoms with Crippen molar-refractivity contribution in [3.05, 3.63) is 48.0 Å². The number of halogens is 1. The first-order valence-electron chi connectivity index (χ1n) is 10.1. The number of benzene rings is 2. The maximum Gasteiger partial charge on any atom is 0.260 e. The number of likely N-dealkylation sites (N-methyl/N-ethyl adjacent to an activating group) is 1. The van der Waals surface area contributed by atoms with Gasteiger partial charge in [0, 0.05) is 29.8 Å². The lowest BCUT2D eigenvalue weighted by molar-refractivity contribution is 0.0983. The van der Waals surface area contributed by atoms with Crippen LogP contribution in [-0.2, 0) is 9.84 Å². The zero-order valence-corrected chi connectivity index (χ0v) is 21.8. The molecule has 2 aromatic carbocycles. The van der Waals surface area contributed by atoms with Crippen molar-refractivity contribution in [2.75, 3.05) is 43.6 Å².